The molecule has 0 aromatic heterocycles. The SMILES string of the molecule is [CH2]c1cccc(N(C(=O)CCC)N2CCN(C)CC2)c1. The fourth-order valence-corrected chi connectivity index (χ4v) is 2.47. The first kappa shape index (κ1) is 15.0. The van der Waals surface area contributed by atoms with Crippen LogP contribution < -0.4 is 5.01 Å². The highest BCUT2D eigenvalue weighted by Gasteiger charge is 2.25. The van der Waals surface area contributed by atoms with Crippen LogP contribution in [0, 0.1) is 6.92 Å². The van der Waals surface area contributed by atoms with Gasteiger partial charge in [0.25, 0.3) is 0 Å². The van der Waals surface area contributed by atoms with Gasteiger partial charge < -0.3 is 4.90 Å². The largest absolute Gasteiger partial charge is 0.304 e. The number of nitrogens with zero attached hydrogens (tertiary/aromatic N) is 3. The molecule has 1 aromatic rings. The van der Waals surface area contributed by atoms with E-state index >= 15 is 0 Å². The number of hydrazine groups is 1. The molecule has 1 amide bonds. The number of benzene rings is 1. The van der Waals surface area contributed by atoms with Crippen molar-refractivity contribution < 1.29 is 4.79 Å². The molecule has 0 aliphatic carbocycles. The average molecular weight is 274 g/mol. The number of hydrogen-bond donors (Lipinski definition) is 0. The van der Waals surface area contributed by atoms with Gasteiger partial charge in [-0.15, -0.1) is 0 Å². The number of rotatable bonds is 4. The van der Waals surface area contributed by atoms with Crippen LogP contribution in [0.15, 0.2) is 24.3 Å². The maximum atomic E-state index is 12.5. The molecular formula is C16H24N3O. The lowest BCUT2D eigenvalue weighted by Crippen LogP contribution is -2.55. The molecule has 0 saturated carbocycles. The molecule has 20 heavy (non-hydrogen) atoms. The minimum atomic E-state index is 0.169. The van der Waals surface area contributed by atoms with E-state index in [1.807, 2.05) is 36.2 Å². The lowest BCUT2D eigenvalue weighted by Gasteiger charge is -2.40. The van der Waals surface area contributed by atoms with E-state index in [1.165, 1.54) is 0 Å². The van der Waals surface area contributed by atoms with Crippen molar-refractivity contribution >= 4 is 11.6 Å². The van der Waals surface area contributed by atoms with Crippen LogP contribution in [0.2, 0.25) is 0 Å². The van der Waals surface area contributed by atoms with Crippen molar-refractivity contribution in [3.05, 3.63) is 36.8 Å². The van der Waals surface area contributed by atoms with E-state index in [0.717, 1.165) is 43.9 Å². The topological polar surface area (TPSA) is 26.8 Å². The van der Waals surface area contributed by atoms with Gasteiger partial charge in [0.05, 0.1) is 5.69 Å². The van der Waals surface area contributed by atoms with E-state index in [2.05, 4.69) is 23.9 Å². The first-order chi connectivity index (χ1) is 9.61. The minimum Gasteiger partial charge on any atom is -0.304 e. The molecule has 4 nitrogen and oxygen atoms in total. The molecule has 1 fully saturated rings. The Morgan fingerprint density at radius 3 is 2.60 bits per heavy atom. The van der Waals surface area contributed by atoms with E-state index in [4.69, 9.17) is 0 Å². The Kier molecular flexibility index (Phi) is 5.15. The van der Waals surface area contributed by atoms with Crippen molar-refractivity contribution in [1.29, 1.82) is 0 Å². The van der Waals surface area contributed by atoms with Gasteiger partial charge in [-0.2, -0.15) is 0 Å². The first-order valence-corrected chi connectivity index (χ1v) is 7.30. The number of piperazine rings is 1. The second-order valence-corrected chi connectivity index (χ2v) is 5.38. The molecule has 0 unspecified atom stereocenters. The van der Waals surface area contributed by atoms with E-state index in [-0.39, 0.29) is 5.91 Å². The van der Waals surface area contributed by atoms with Crippen LogP contribution in [0.25, 0.3) is 0 Å². The number of amides is 1. The summed E-state index contributed by atoms with van der Waals surface area (Å²) in [6.07, 6.45) is 1.45. The third-order valence-electron chi connectivity index (χ3n) is 3.62. The molecule has 1 aliphatic rings. The number of anilines is 1. The van der Waals surface area contributed by atoms with Crippen LogP contribution in [0.1, 0.15) is 25.3 Å². The van der Waals surface area contributed by atoms with E-state index in [1.54, 1.807) is 0 Å². The average Bonchev–Trinajstić information content (AvgIpc) is 2.42. The summed E-state index contributed by atoms with van der Waals surface area (Å²) in [5.74, 6) is 0.169. The zero-order valence-corrected chi connectivity index (χ0v) is 12.5. The lowest BCUT2D eigenvalue weighted by atomic mass is 10.2. The van der Waals surface area contributed by atoms with E-state index < -0.39 is 0 Å². The highest BCUT2D eigenvalue weighted by molar-refractivity contribution is 5.92. The summed E-state index contributed by atoms with van der Waals surface area (Å²) < 4.78 is 0. The zero-order chi connectivity index (χ0) is 14.5. The molecular weight excluding hydrogens is 250 g/mol. The normalized spacial score (nSPS) is 17.1. The standard InChI is InChI=1S/C16H24N3O/c1-4-6-16(20)19(15-8-5-7-14(2)13-15)18-11-9-17(3)10-12-18/h5,7-8,13H,2,4,6,9-12H2,1,3H3. The maximum Gasteiger partial charge on any atom is 0.241 e. The molecule has 0 N–H and O–H groups in total. The summed E-state index contributed by atoms with van der Waals surface area (Å²) in [7, 11) is 2.12. The molecule has 109 valence electrons. The fourth-order valence-electron chi connectivity index (χ4n) is 2.47. The number of carbonyl (C=O) groups excluding carboxylic acids is 1. The summed E-state index contributed by atoms with van der Waals surface area (Å²) in [5.41, 5.74) is 1.87. The monoisotopic (exact) mass is 274 g/mol. The van der Waals surface area contributed by atoms with Gasteiger partial charge in [-0.1, -0.05) is 19.1 Å². The lowest BCUT2D eigenvalue weighted by molar-refractivity contribution is -0.122. The molecule has 2 rings (SSSR count). The van der Waals surface area contributed by atoms with E-state index in [9.17, 15) is 4.79 Å². The number of likely N-dealkylation sites (N-methyl/N-ethyl adjacent to an activating group) is 1. The Morgan fingerprint density at radius 1 is 1.30 bits per heavy atom. The van der Waals surface area contributed by atoms with Crippen LogP contribution in [-0.4, -0.2) is 49.0 Å². The summed E-state index contributed by atoms with van der Waals surface area (Å²) in [6.45, 7) is 9.74. The summed E-state index contributed by atoms with van der Waals surface area (Å²) in [4.78, 5) is 14.8. The van der Waals surface area contributed by atoms with Gasteiger partial charge in [0.2, 0.25) is 5.91 Å². The van der Waals surface area contributed by atoms with Crippen LogP contribution >= 0.6 is 0 Å². The smallest absolute Gasteiger partial charge is 0.241 e. The third kappa shape index (κ3) is 3.58. The molecule has 0 bridgehead atoms. The molecule has 1 aliphatic heterocycles. The highest BCUT2D eigenvalue weighted by atomic mass is 16.2. The Labute approximate surface area is 121 Å². The van der Waals surface area contributed by atoms with Gasteiger partial charge in [0, 0.05) is 32.6 Å². The molecule has 1 saturated heterocycles. The first-order valence-electron chi connectivity index (χ1n) is 7.30. The van der Waals surface area contributed by atoms with Gasteiger partial charge in [0.1, 0.15) is 0 Å². The van der Waals surface area contributed by atoms with Crippen LogP contribution in [0.4, 0.5) is 5.69 Å². The Morgan fingerprint density at radius 2 is 2.00 bits per heavy atom. The minimum absolute atomic E-state index is 0.169. The van der Waals surface area contributed by atoms with Crippen molar-refractivity contribution in [3.63, 3.8) is 0 Å². The fraction of sp³-hybridized carbons (Fsp3) is 0.500. The molecule has 1 heterocycles. The summed E-state index contributed by atoms with van der Waals surface area (Å²) in [5, 5.41) is 4.01. The molecule has 4 heteroatoms. The third-order valence-corrected chi connectivity index (χ3v) is 3.62. The van der Waals surface area contributed by atoms with Crippen molar-refractivity contribution in [2.45, 2.75) is 19.8 Å². The van der Waals surface area contributed by atoms with Crippen molar-refractivity contribution in [3.8, 4) is 0 Å². The number of hydrogen-bond acceptors (Lipinski definition) is 3. The van der Waals surface area contributed by atoms with Crippen molar-refractivity contribution in [1.82, 2.24) is 9.91 Å². The Bertz CT molecular complexity index is 453. The predicted octanol–water partition coefficient (Wildman–Crippen LogP) is 2.16. The second-order valence-electron chi connectivity index (χ2n) is 5.38. The zero-order valence-electron chi connectivity index (χ0n) is 12.5. The summed E-state index contributed by atoms with van der Waals surface area (Å²) >= 11 is 0. The number of carbonyl (C=O) groups is 1. The Hall–Kier alpha value is -1.39. The molecule has 1 radical (unpaired) electrons. The van der Waals surface area contributed by atoms with Crippen LogP contribution in [0.3, 0.4) is 0 Å². The van der Waals surface area contributed by atoms with Crippen molar-refractivity contribution in [2.75, 3.05) is 38.2 Å². The molecule has 0 atom stereocenters. The predicted molar refractivity (Wildman–Crippen MR) is 82.4 cm³/mol. The molecule has 1 aromatic carbocycles. The second kappa shape index (κ2) is 6.86. The maximum absolute atomic E-state index is 12.5. The van der Waals surface area contributed by atoms with Crippen LogP contribution in [-0.2, 0) is 4.79 Å². The Balaban J connectivity index is 2.22. The summed E-state index contributed by atoms with van der Waals surface area (Å²) in [6, 6.07) is 7.88. The van der Waals surface area contributed by atoms with Crippen LogP contribution in [0.5, 0.6) is 0 Å². The van der Waals surface area contributed by atoms with Gasteiger partial charge in [0.15, 0.2) is 0 Å². The molecule has 0 spiro atoms. The van der Waals surface area contributed by atoms with Gasteiger partial charge in [-0.25, -0.2) is 10.0 Å². The van der Waals surface area contributed by atoms with Gasteiger partial charge in [-0.05, 0) is 38.1 Å². The van der Waals surface area contributed by atoms with Gasteiger partial charge in [-0.3, -0.25) is 4.79 Å². The quantitative estimate of drug-likeness (QED) is 0.842. The highest BCUT2D eigenvalue weighted by Crippen LogP contribution is 2.20. The van der Waals surface area contributed by atoms with Crippen molar-refractivity contribution in [2.24, 2.45) is 0 Å². The van der Waals surface area contributed by atoms with Gasteiger partial charge >= 0.3 is 0 Å². The van der Waals surface area contributed by atoms with E-state index in [0.29, 0.717) is 6.42 Å².